The second-order valence-electron chi connectivity index (χ2n) is 8.67. The number of nitrogens with one attached hydrogen (secondary N) is 2. The summed E-state index contributed by atoms with van der Waals surface area (Å²) in [5.41, 5.74) is 3.14. The van der Waals surface area contributed by atoms with Crippen molar-refractivity contribution in [3.63, 3.8) is 0 Å². The maximum atomic E-state index is 12.8. The van der Waals surface area contributed by atoms with Crippen molar-refractivity contribution in [2.45, 2.75) is 38.5 Å². The summed E-state index contributed by atoms with van der Waals surface area (Å²) in [5, 5.41) is 5.97. The SMILES string of the molecule is CN(C)C(=O)CCc1ccc(NC(=O)CNc2cccc(C(=O)N3CCCCCC3)c2)cc1. The number of carbonyl (C=O) groups excluding carboxylic acids is 3. The van der Waals surface area contributed by atoms with Gasteiger partial charge in [-0.05, 0) is 55.2 Å². The number of hydrogen-bond acceptors (Lipinski definition) is 4. The zero-order valence-corrected chi connectivity index (χ0v) is 19.6. The van der Waals surface area contributed by atoms with Crippen LogP contribution in [0.5, 0.6) is 0 Å². The van der Waals surface area contributed by atoms with E-state index in [0.29, 0.717) is 24.1 Å². The maximum absolute atomic E-state index is 12.8. The maximum Gasteiger partial charge on any atom is 0.253 e. The van der Waals surface area contributed by atoms with Crippen molar-refractivity contribution in [2.24, 2.45) is 0 Å². The minimum absolute atomic E-state index is 0.0531. The van der Waals surface area contributed by atoms with Crippen LogP contribution in [0.1, 0.15) is 48.0 Å². The molecule has 0 bridgehead atoms. The van der Waals surface area contributed by atoms with Crippen LogP contribution >= 0.6 is 0 Å². The summed E-state index contributed by atoms with van der Waals surface area (Å²) in [6, 6.07) is 14.9. The van der Waals surface area contributed by atoms with Gasteiger partial charge in [-0.2, -0.15) is 0 Å². The topological polar surface area (TPSA) is 81.8 Å². The molecule has 0 spiro atoms. The molecule has 176 valence electrons. The second-order valence-corrected chi connectivity index (χ2v) is 8.67. The highest BCUT2D eigenvalue weighted by Crippen LogP contribution is 2.17. The first-order valence-corrected chi connectivity index (χ1v) is 11.6. The fraction of sp³-hybridized carbons (Fsp3) is 0.423. The lowest BCUT2D eigenvalue weighted by Gasteiger charge is -2.20. The molecule has 1 aliphatic rings. The summed E-state index contributed by atoms with van der Waals surface area (Å²) < 4.78 is 0. The Bertz CT molecular complexity index is 948. The van der Waals surface area contributed by atoms with Crippen molar-refractivity contribution in [2.75, 3.05) is 44.4 Å². The van der Waals surface area contributed by atoms with Gasteiger partial charge in [-0.3, -0.25) is 14.4 Å². The number of likely N-dealkylation sites (tertiary alicyclic amines) is 1. The van der Waals surface area contributed by atoms with Crippen LogP contribution in [0.3, 0.4) is 0 Å². The van der Waals surface area contributed by atoms with Gasteiger partial charge >= 0.3 is 0 Å². The van der Waals surface area contributed by atoms with E-state index in [1.807, 2.05) is 53.4 Å². The average molecular weight is 451 g/mol. The van der Waals surface area contributed by atoms with Gasteiger partial charge < -0.3 is 20.4 Å². The number of aryl methyl sites for hydroxylation is 1. The third-order valence-corrected chi connectivity index (χ3v) is 5.82. The highest BCUT2D eigenvalue weighted by molar-refractivity contribution is 5.96. The molecule has 0 saturated carbocycles. The van der Waals surface area contributed by atoms with E-state index >= 15 is 0 Å². The first-order valence-electron chi connectivity index (χ1n) is 11.6. The monoisotopic (exact) mass is 450 g/mol. The van der Waals surface area contributed by atoms with Gasteiger partial charge in [0.2, 0.25) is 11.8 Å². The number of anilines is 2. The van der Waals surface area contributed by atoms with E-state index < -0.39 is 0 Å². The van der Waals surface area contributed by atoms with Crippen LogP contribution in [-0.4, -0.2) is 61.3 Å². The number of amides is 3. The van der Waals surface area contributed by atoms with Crippen LogP contribution < -0.4 is 10.6 Å². The number of rotatable bonds is 8. The smallest absolute Gasteiger partial charge is 0.253 e. The second kappa shape index (κ2) is 12.0. The molecule has 0 unspecified atom stereocenters. The van der Waals surface area contributed by atoms with Crippen molar-refractivity contribution in [3.05, 3.63) is 59.7 Å². The van der Waals surface area contributed by atoms with E-state index in [0.717, 1.165) is 37.2 Å². The minimum Gasteiger partial charge on any atom is -0.376 e. The molecule has 2 aromatic carbocycles. The Kier molecular flexibility index (Phi) is 8.87. The quantitative estimate of drug-likeness (QED) is 0.641. The Morgan fingerprint density at radius 1 is 0.909 bits per heavy atom. The van der Waals surface area contributed by atoms with E-state index in [1.165, 1.54) is 12.8 Å². The third-order valence-electron chi connectivity index (χ3n) is 5.82. The van der Waals surface area contributed by atoms with Gasteiger partial charge in [0.25, 0.3) is 5.91 Å². The molecule has 2 aromatic rings. The van der Waals surface area contributed by atoms with Crippen LogP contribution in [0.4, 0.5) is 11.4 Å². The molecule has 3 rings (SSSR count). The van der Waals surface area contributed by atoms with Gasteiger partial charge in [0.05, 0.1) is 6.54 Å². The molecule has 1 aliphatic heterocycles. The van der Waals surface area contributed by atoms with Crippen molar-refractivity contribution < 1.29 is 14.4 Å². The molecule has 33 heavy (non-hydrogen) atoms. The summed E-state index contributed by atoms with van der Waals surface area (Å²) in [4.78, 5) is 40.4. The minimum atomic E-state index is -0.171. The van der Waals surface area contributed by atoms with Gasteiger partial charge in [0.1, 0.15) is 0 Å². The molecule has 1 saturated heterocycles. The molecule has 7 heteroatoms. The molecule has 7 nitrogen and oxygen atoms in total. The van der Waals surface area contributed by atoms with Gasteiger partial charge in [-0.1, -0.05) is 31.0 Å². The fourth-order valence-electron chi connectivity index (χ4n) is 3.84. The van der Waals surface area contributed by atoms with Gasteiger partial charge in [0.15, 0.2) is 0 Å². The number of benzene rings is 2. The molecule has 3 amide bonds. The predicted octanol–water partition coefficient (Wildman–Crippen LogP) is 3.77. The van der Waals surface area contributed by atoms with Crippen molar-refractivity contribution in [1.82, 2.24) is 9.80 Å². The molecular weight excluding hydrogens is 416 g/mol. The first kappa shape index (κ1) is 24.3. The Morgan fingerprint density at radius 3 is 2.27 bits per heavy atom. The summed E-state index contributed by atoms with van der Waals surface area (Å²) in [5.74, 6) is -0.0252. The highest BCUT2D eigenvalue weighted by Gasteiger charge is 2.17. The molecule has 0 radical (unpaired) electrons. The first-order chi connectivity index (χ1) is 15.9. The molecular formula is C26H34N4O3. The normalized spacial score (nSPS) is 13.7. The molecule has 1 fully saturated rings. The van der Waals surface area contributed by atoms with Crippen molar-refractivity contribution >= 4 is 29.1 Å². The molecule has 0 atom stereocenters. The van der Waals surface area contributed by atoms with Crippen molar-refractivity contribution in [1.29, 1.82) is 0 Å². The molecule has 0 aromatic heterocycles. The average Bonchev–Trinajstić information content (AvgIpc) is 3.11. The molecule has 0 aliphatic carbocycles. The lowest BCUT2D eigenvalue weighted by Crippen LogP contribution is -2.31. The third kappa shape index (κ3) is 7.63. The van der Waals surface area contributed by atoms with Crippen LogP contribution in [0.2, 0.25) is 0 Å². The Labute approximate surface area is 196 Å². The van der Waals surface area contributed by atoms with Gasteiger partial charge in [-0.25, -0.2) is 0 Å². The fourth-order valence-corrected chi connectivity index (χ4v) is 3.84. The van der Waals surface area contributed by atoms with Crippen molar-refractivity contribution in [3.8, 4) is 0 Å². The Hall–Kier alpha value is -3.35. The molecule has 2 N–H and O–H groups in total. The zero-order chi connectivity index (χ0) is 23.6. The number of hydrogen-bond donors (Lipinski definition) is 2. The zero-order valence-electron chi connectivity index (χ0n) is 19.6. The number of nitrogens with zero attached hydrogens (tertiary/aromatic N) is 2. The van der Waals surface area contributed by atoms with Gasteiger partial charge in [-0.15, -0.1) is 0 Å². The lowest BCUT2D eigenvalue weighted by molar-refractivity contribution is -0.128. The Balaban J connectivity index is 1.48. The lowest BCUT2D eigenvalue weighted by atomic mass is 10.1. The number of carbonyl (C=O) groups is 3. The van der Waals surface area contributed by atoms with E-state index in [-0.39, 0.29) is 24.3 Å². The van der Waals surface area contributed by atoms with Crippen LogP contribution in [-0.2, 0) is 16.0 Å². The van der Waals surface area contributed by atoms with E-state index in [1.54, 1.807) is 19.0 Å². The largest absolute Gasteiger partial charge is 0.376 e. The Morgan fingerprint density at radius 2 is 1.61 bits per heavy atom. The van der Waals surface area contributed by atoms with E-state index in [2.05, 4.69) is 10.6 Å². The van der Waals surface area contributed by atoms with Gasteiger partial charge in [0, 0.05) is 50.5 Å². The van der Waals surface area contributed by atoms with Crippen LogP contribution in [0.25, 0.3) is 0 Å². The molecule has 1 heterocycles. The summed E-state index contributed by atoms with van der Waals surface area (Å²) in [6.45, 7) is 1.72. The standard InChI is InChI=1S/C26H34N4O3/c1-29(2)25(32)15-12-20-10-13-22(14-11-20)28-24(31)19-27-23-9-7-8-21(18-23)26(33)30-16-5-3-4-6-17-30/h7-11,13-14,18,27H,3-6,12,15-17,19H2,1-2H3,(H,28,31). The predicted molar refractivity (Wildman–Crippen MR) is 131 cm³/mol. The highest BCUT2D eigenvalue weighted by atomic mass is 16.2. The van der Waals surface area contributed by atoms with Crippen LogP contribution in [0.15, 0.2) is 48.5 Å². The summed E-state index contributed by atoms with van der Waals surface area (Å²) in [6.07, 6.45) is 5.60. The van der Waals surface area contributed by atoms with Crippen LogP contribution in [0, 0.1) is 0 Å². The summed E-state index contributed by atoms with van der Waals surface area (Å²) >= 11 is 0. The summed E-state index contributed by atoms with van der Waals surface area (Å²) in [7, 11) is 3.50. The van der Waals surface area contributed by atoms with E-state index in [9.17, 15) is 14.4 Å². The van der Waals surface area contributed by atoms with E-state index in [4.69, 9.17) is 0 Å².